The standard InChI is InChI=1S/C21H27ClN2O2/c1-3-5-9-16(21(25)26)13-18-14-23-20(12-6-4-2)24(18)15-17-10-7-8-11-19(17)22/h7-8,10-11,13-14H,3-6,9,12,15H2,1-2H3,(H,25,26)/b16-13+. The predicted octanol–water partition coefficient (Wildman–Crippen LogP) is 5.59. The number of aliphatic carboxylic acids is 1. The van der Waals surface area contributed by atoms with E-state index in [1.54, 1.807) is 12.3 Å². The van der Waals surface area contributed by atoms with E-state index in [1.165, 1.54) is 0 Å². The number of hydrogen-bond donors (Lipinski definition) is 1. The lowest BCUT2D eigenvalue weighted by molar-refractivity contribution is -0.132. The first-order chi connectivity index (χ1) is 12.6. The summed E-state index contributed by atoms with van der Waals surface area (Å²) in [6.07, 6.45) is 8.92. The molecule has 0 amide bonds. The summed E-state index contributed by atoms with van der Waals surface area (Å²) in [5.74, 6) is 0.109. The van der Waals surface area contributed by atoms with E-state index in [0.717, 1.165) is 49.2 Å². The number of benzene rings is 1. The highest BCUT2D eigenvalue weighted by atomic mass is 35.5. The van der Waals surface area contributed by atoms with Crippen LogP contribution >= 0.6 is 11.6 Å². The van der Waals surface area contributed by atoms with Crippen LogP contribution in [0.4, 0.5) is 0 Å². The molecule has 0 bridgehead atoms. The molecule has 1 N–H and O–H groups in total. The summed E-state index contributed by atoms with van der Waals surface area (Å²) in [5.41, 5.74) is 2.25. The fraction of sp³-hybridized carbons (Fsp3) is 0.429. The number of aromatic nitrogens is 2. The largest absolute Gasteiger partial charge is 0.478 e. The maximum atomic E-state index is 11.6. The topological polar surface area (TPSA) is 55.1 Å². The number of carboxylic acids is 1. The van der Waals surface area contributed by atoms with Crippen molar-refractivity contribution in [2.75, 3.05) is 0 Å². The summed E-state index contributed by atoms with van der Waals surface area (Å²) < 4.78 is 2.09. The molecule has 2 aromatic rings. The molecule has 0 spiro atoms. The number of aryl methyl sites for hydroxylation is 1. The molecule has 0 radical (unpaired) electrons. The van der Waals surface area contributed by atoms with Gasteiger partial charge in [0.15, 0.2) is 0 Å². The van der Waals surface area contributed by atoms with Crippen molar-refractivity contribution in [2.24, 2.45) is 0 Å². The predicted molar refractivity (Wildman–Crippen MR) is 107 cm³/mol. The fourth-order valence-electron chi connectivity index (χ4n) is 2.84. The summed E-state index contributed by atoms with van der Waals surface area (Å²) in [7, 11) is 0. The normalized spacial score (nSPS) is 11.7. The molecular weight excluding hydrogens is 348 g/mol. The smallest absolute Gasteiger partial charge is 0.331 e. The van der Waals surface area contributed by atoms with E-state index < -0.39 is 5.97 Å². The Kier molecular flexibility index (Phi) is 7.92. The Bertz CT molecular complexity index is 765. The van der Waals surface area contributed by atoms with Gasteiger partial charge in [-0.25, -0.2) is 9.78 Å². The van der Waals surface area contributed by atoms with E-state index in [-0.39, 0.29) is 0 Å². The van der Waals surface area contributed by atoms with Gasteiger partial charge in [-0.05, 0) is 37.0 Å². The fourth-order valence-corrected chi connectivity index (χ4v) is 3.04. The molecule has 0 saturated carbocycles. The van der Waals surface area contributed by atoms with Gasteiger partial charge in [-0.15, -0.1) is 0 Å². The van der Waals surface area contributed by atoms with E-state index in [4.69, 9.17) is 11.6 Å². The maximum Gasteiger partial charge on any atom is 0.331 e. The molecule has 0 aliphatic rings. The maximum absolute atomic E-state index is 11.6. The second-order valence-electron chi connectivity index (χ2n) is 6.46. The van der Waals surface area contributed by atoms with Crippen molar-refractivity contribution in [3.8, 4) is 0 Å². The van der Waals surface area contributed by atoms with Gasteiger partial charge in [-0.1, -0.05) is 56.5 Å². The molecule has 0 atom stereocenters. The Balaban J connectivity index is 2.40. The van der Waals surface area contributed by atoms with Crippen LogP contribution in [0.1, 0.15) is 63.0 Å². The number of halogens is 1. The highest BCUT2D eigenvalue weighted by Crippen LogP contribution is 2.21. The molecule has 5 heteroatoms. The zero-order valence-electron chi connectivity index (χ0n) is 15.5. The van der Waals surface area contributed by atoms with Gasteiger partial charge in [0.1, 0.15) is 5.82 Å². The van der Waals surface area contributed by atoms with Crippen LogP contribution in [-0.2, 0) is 17.8 Å². The van der Waals surface area contributed by atoms with Gasteiger partial charge in [0.2, 0.25) is 0 Å². The van der Waals surface area contributed by atoms with E-state index in [0.29, 0.717) is 23.6 Å². The van der Waals surface area contributed by atoms with Crippen LogP contribution in [0.15, 0.2) is 36.0 Å². The quantitative estimate of drug-likeness (QED) is 0.552. The van der Waals surface area contributed by atoms with Crippen LogP contribution in [0.5, 0.6) is 0 Å². The summed E-state index contributed by atoms with van der Waals surface area (Å²) >= 11 is 6.33. The average Bonchev–Trinajstić information content (AvgIpc) is 3.00. The van der Waals surface area contributed by atoms with Crippen molar-refractivity contribution in [3.63, 3.8) is 0 Å². The van der Waals surface area contributed by atoms with Crippen molar-refractivity contribution in [3.05, 3.63) is 58.1 Å². The molecule has 0 fully saturated rings. The Morgan fingerprint density at radius 1 is 1.23 bits per heavy atom. The average molecular weight is 375 g/mol. The number of carboxylic acid groups (broad SMARTS) is 1. The van der Waals surface area contributed by atoms with Crippen LogP contribution in [0.2, 0.25) is 5.02 Å². The molecule has 0 aliphatic carbocycles. The van der Waals surface area contributed by atoms with Gasteiger partial charge in [0, 0.05) is 17.0 Å². The molecule has 0 aliphatic heterocycles. The van der Waals surface area contributed by atoms with Crippen molar-refractivity contribution < 1.29 is 9.90 Å². The molecule has 26 heavy (non-hydrogen) atoms. The molecule has 0 saturated heterocycles. The van der Waals surface area contributed by atoms with Crippen molar-refractivity contribution in [1.82, 2.24) is 9.55 Å². The van der Waals surface area contributed by atoms with Gasteiger partial charge in [0.25, 0.3) is 0 Å². The highest BCUT2D eigenvalue weighted by molar-refractivity contribution is 6.31. The van der Waals surface area contributed by atoms with Crippen LogP contribution in [0.3, 0.4) is 0 Å². The van der Waals surface area contributed by atoms with Crippen molar-refractivity contribution in [1.29, 1.82) is 0 Å². The first kappa shape index (κ1) is 20.2. The number of imidazole rings is 1. The Hall–Kier alpha value is -2.07. The molecule has 1 aromatic carbocycles. The Morgan fingerprint density at radius 2 is 1.96 bits per heavy atom. The summed E-state index contributed by atoms with van der Waals surface area (Å²) in [4.78, 5) is 16.1. The number of rotatable bonds is 10. The molecule has 0 unspecified atom stereocenters. The molecule has 4 nitrogen and oxygen atoms in total. The minimum Gasteiger partial charge on any atom is -0.478 e. The number of nitrogens with zero attached hydrogens (tertiary/aromatic N) is 2. The number of unbranched alkanes of at least 4 members (excludes halogenated alkanes) is 2. The van der Waals surface area contributed by atoms with E-state index in [1.807, 2.05) is 24.3 Å². The molecular formula is C21H27ClN2O2. The van der Waals surface area contributed by atoms with Gasteiger partial charge >= 0.3 is 5.97 Å². The minimum atomic E-state index is -0.862. The Morgan fingerprint density at radius 3 is 2.62 bits per heavy atom. The molecule has 2 rings (SSSR count). The van der Waals surface area contributed by atoms with Crippen LogP contribution < -0.4 is 0 Å². The first-order valence-electron chi connectivity index (χ1n) is 9.28. The van der Waals surface area contributed by atoms with Gasteiger partial charge in [-0.2, -0.15) is 0 Å². The van der Waals surface area contributed by atoms with Crippen LogP contribution in [0.25, 0.3) is 6.08 Å². The number of carbonyl (C=O) groups is 1. The lowest BCUT2D eigenvalue weighted by Crippen LogP contribution is -2.09. The van der Waals surface area contributed by atoms with Gasteiger partial charge in [0.05, 0.1) is 18.4 Å². The third-order valence-electron chi connectivity index (χ3n) is 4.41. The monoisotopic (exact) mass is 374 g/mol. The lowest BCUT2D eigenvalue weighted by Gasteiger charge is -2.12. The number of hydrogen-bond acceptors (Lipinski definition) is 2. The van der Waals surface area contributed by atoms with E-state index in [9.17, 15) is 9.90 Å². The van der Waals surface area contributed by atoms with Crippen LogP contribution in [0, 0.1) is 0 Å². The van der Waals surface area contributed by atoms with Crippen LogP contribution in [-0.4, -0.2) is 20.6 Å². The van der Waals surface area contributed by atoms with Gasteiger partial charge < -0.3 is 9.67 Å². The second kappa shape index (κ2) is 10.2. The molecule has 1 heterocycles. The molecule has 140 valence electrons. The van der Waals surface area contributed by atoms with E-state index in [2.05, 4.69) is 23.4 Å². The third kappa shape index (κ3) is 5.46. The van der Waals surface area contributed by atoms with Crippen molar-refractivity contribution >= 4 is 23.6 Å². The summed E-state index contributed by atoms with van der Waals surface area (Å²) in [6, 6.07) is 7.74. The SMILES string of the molecule is CCCC/C(=C\c1cnc(CCCC)n1Cc1ccccc1Cl)C(=O)O. The van der Waals surface area contributed by atoms with E-state index >= 15 is 0 Å². The first-order valence-corrected chi connectivity index (χ1v) is 9.66. The zero-order valence-corrected chi connectivity index (χ0v) is 16.3. The van der Waals surface area contributed by atoms with Crippen molar-refractivity contribution in [2.45, 2.75) is 58.9 Å². The lowest BCUT2D eigenvalue weighted by atomic mass is 10.1. The minimum absolute atomic E-state index is 0.425. The summed E-state index contributed by atoms with van der Waals surface area (Å²) in [5, 5.41) is 10.2. The highest BCUT2D eigenvalue weighted by Gasteiger charge is 2.13. The third-order valence-corrected chi connectivity index (χ3v) is 4.77. The summed E-state index contributed by atoms with van der Waals surface area (Å²) in [6.45, 7) is 4.80. The second-order valence-corrected chi connectivity index (χ2v) is 6.87. The van der Waals surface area contributed by atoms with Gasteiger partial charge in [-0.3, -0.25) is 0 Å². The Labute approximate surface area is 160 Å². The molecule has 1 aromatic heterocycles. The zero-order chi connectivity index (χ0) is 18.9.